The van der Waals surface area contributed by atoms with Crippen LogP contribution < -0.4 is 10.2 Å². The van der Waals surface area contributed by atoms with E-state index in [1.165, 1.54) is 12.8 Å². The molecule has 1 aliphatic rings. The molecule has 0 amide bonds. The number of aromatic nitrogens is 3. The Morgan fingerprint density at radius 3 is 3.00 bits per heavy atom. The molecular formula is C14H19N5O. The van der Waals surface area contributed by atoms with E-state index < -0.39 is 0 Å². The molecule has 1 aliphatic heterocycles. The van der Waals surface area contributed by atoms with Gasteiger partial charge in [0.1, 0.15) is 5.76 Å². The third-order valence-electron chi connectivity index (χ3n) is 3.64. The average molecular weight is 273 g/mol. The molecule has 6 heteroatoms. The lowest BCUT2D eigenvalue weighted by Gasteiger charge is -2.29. The van der Waals surface area contributed by atoms with E-state index in [1.54, 1.807) is 12.5 Å². The normalized spacial score (nSPS) is 16.4. The molecule has 20 heavy (non-hydrogen) atoms. The van der Waals surface area contributed by atoms with Crippen molar-refractivity contribution < 1.29 is 4.42 Å². The lowest BCUT2D eigenvalue weighted by molar-refractivity contribution is 0.433. The molecule has 0 saturated carbocycles. The van der Waals surface area contributed by atoms with Gasteiger partial charge in [-0.1, -0.05) is 6.92 Å². The molecule has 2 aromatic rings. The molecule has 0 aliphatic carbocycles. The van der Waals surface area contributed by atoms with E-state index in [0.29, 0.717) is 12.5 Å². The third kappa shape index (κ3) is 3.07. The van der Waals surface area contributed by atoms with E-state index in [4.69, 9.17) is 4.42 Å². The van der Waals surface area contributed by atoms with Crippen LogP contribution >= 0.6 is 0 Å². The maximum atomic E-state index is 5.28. The Kier molecular flexibility index (Phi) is 3.80. The molecule has 0 unspecified atom stereocenters. The van der Waals surface area contributed by atoms with E-state index >= 15 is 0 Å². The number of hydrogen-bond donors (Lipinski definition) is 1. The number of nitrogens with zero attached hydrogens (tertiary/aromatic N) is 4. The summed E-state index contributed by atoms with van der Waals surface area (Å²) in [6.45, 7) is 4.90. The summed E-state index contributed by atoms with van der Waals surface area (Å²) in [5.74, 6) is 3.10. The maximum Gasteiger partial charge on any atom is 0.247 e. The summed E-state index contributed by atoms with van der Waals surface area (Å²) >= 11 is 0. The van der Waals surface area contributed by atoms with E-state index in [-0.39, 0.29) is 0 Å². The summed E-state index contributed by atoms with van der Waals surface area (Å²) in [4.78, 5) is 6.72. The molecule has 0 aromatic carbocycles. The van der Waals surface area contributed by atoms with Crippen LogP contribution in [0.25, 0.3) is 0 Å². The minimum Gasteiger partial charge on any atom is -0.467 e. The van der Waals surface area contributed by atoms with Crippen molar-refractivity contribution in [2.75, 3.05) is 23.3 Å². The van der Waals surface area contributed by atoms with E-state index in [2.05, 4.69) is 32.3 Å². The topological polar surface area (TPSA) is 67.1 Å². The first kappa shape index (κ1) is 12.9. The van der Waals surface area contributed by atoms with Crippen molar-refractivity contribution in [3.8, 4) is 0 Å². The molecule has 6 nitrogen and oxygen atoms in total. The Morgan fingerprint density at radius 2 is 2.25 bits per heavy atom. The first-order valence-electron chi connectivity index (χ1n) is 7.02. The Bertz CT molecular complexity index is 534. The van der Waals surface area contributed by atoms with Crippen molar-refractivity contribution in [1.29, 1.82) is 0 Å². The van der Waals surface area contributed by atoms with Crippen molar-refractivity contribution in [2.45, 2.75) is 26.3 Å². The number of anilines is 2. The number of nitrogens with one attached hydrogen (secondary N) is 1. The summed E-state index contributed by atoms with van der Waals surface area (Å²) in [5.41, 5.74) is 0. The van der Waals surface area contributed by atoms with Gasteiger partial charge in [0.05, 0.1) is 19.0 Å². The number of furan rings is 1. The standard InChI is InChI=1S/C14H19N5O/c1-11-4-6-19(7-5-11)14-17-13(10-16-18-14)15-9-12-3-2-8-20-12/h2-3,8,10-11H,4-7,9H2,1H3,(H,15,17,18). The zero-order chi connectivity index (χ0) is 13.8. The minimum absolute atomic E-state index is 0.599. The van der Waals surface area contributed by atoms with E-state index in [9.17, 15) is 0 Å². The monoisotopic (exact) mass is 273 g/mol. The van der Waals surface area contributed by atoms with Gasteiger partial charge in [0.15, 0.2) is 5.82 Å². The zero-order valence-electron chi connectivity index (χ0n) is 11.6. The van der Waals surface area contributed by atoms with E-state index in [1.807, 2.05) is 12.1 Å². The third-order valence-corrected chi connectivity index (χ3v) is 3.64. The first-order chi connectivity index (χ1) is 9.81. The second-order valence-corrected chi connectivity index (χ2v) is 5.24. The van der Waals surface area contributed by atoms with Gasteiger partial charge < -0.3 is 14.6 Å². The largest absolute Gasteiger partial charge is 0.467 e. The minimum atomic E-state index is 0.599. The first-order valence-corrected chi connectivity index (χ1v) is 7.02. The molecule has 3 rings (SSSR count). The Balaban J connectivity index is 1.63. The second-order valence-electron chi connectivity index (χ2n) is 5.24. The van der Waals surface area contributed by atoms with Crippen LogP contribution in [0.5, 0.6) is 0 Å². The molecule has 0 bridgehead atoms. The predicted molar refractivity (Wildman–Crippen MR) is 76.5 cm³/mol. The molecule has 1 saturated heterocycles. The highest BCUT2D eigenvalue weighted by Crippen LogP contribution is 2.20. The SMILES string of the molecule is CC1CCN(c2nncc(NCc3ccco3)n2)CC1. The quantitative estimate of drug-likeness (QED) is 0.922. The summed E-state index contributed by atoms with van der Waals surface area (Å²) in [6, 6.07) is 3.80. The fraction of sp³-hybridized carbons (Fsp3) is 0.500. The van der Waals surface area contributed by atoms with Crippen molar-refractivity contribution in [3.05, 3.63) is 30.4 Å². The van der Waals surface area contributed by atoms with Gasteiger partial charge in [-0.25, -0.2) is 0 Å². The smallest absolute Gasteiger partial charge is 0.247 e. The average Bonchev–Trinajstić information content (AvgIpc) is 3.00. The molecular weight excluding hydrogens is 254 g/mol. The maximum absolute atomic E-state index is 5.28. The predicted octanol–water partition coefficient (Wildman–Crippen LogP) is 2.31. The highest BCUT2D eigenvalue weighted by molar-refractivity contribution is 5.39. The summed E-state index contributed by atoms with van der Waals surface area (Å²) in [6.07, 6.45) is 5.68. The number of piperidine rings is 1. The van der Waals surface area contributed by atoms with Gasteiger partial charge in [0, 0.05) is 13.1 Å². The molecule has 1 fully saturated rings. The lowest BCUT2D eigenvalue weighted by Crippen LogP contribution is -2.34. The Hall–Kier alpha value is -2.11. The number of rotatable bonds is 4. The van der Waals surface area contributed by atoms with Gasteiger partial charge in [-0.05, 0) is 30.9 Å². The number of hydrogen-bond acceptors (Lipinski definition) is 6. The fourth-order valence-electron chi connectivity index (χ4n) is 2.31. The molecule has 0 atom stereocenters. The Morgan fingerprint density at radius 1 is 1.40 bits per heavy atom. The van der Waals surface area contributed by atoms with Gasteiger partial charge in [0.2, 0.25) is 5.95 Å². The van der Waals surface area contributed by atoms with Crippen LogP contribution in [0.2, 0.25) is 0 Å². The van der Waals surface area contributed by atoms with E-state index in [0.717, 1.165) is 30.6 Å². The van der Waals surface area contributed by atoms with Gasteiger partial charge in [-0.3, -0.25) is 0 Å². The van der Waals surface area contributed by atoms with Crippen molar-refractivity contribution in [3.63, 3.8) is 0 Å². The van der Waals surface area contributed by atoms with Gasteiger partial charge >= 0.3 is 0 Å². The van der Waals surface area contributed by atoms with Crippen LogP contribution in [0.15, 0.2) is 29.0 Å². The van der Waals surface area contributed by atoms with Crippen LogP contribution in [0.1, 0.15) is 25.5 Å². The van der Waals surface area contributed by atoms with Crippen LogP contribution in [-0.2, 0) is 6.54 Å². The second kappa shape index (κ2) is 5.90. The molecule has 0 radical (unpaired) electrons. The van der Waals surface area contributed by atoms with Crippen LogP contribution in [-0.4, -0.2) is 28.3 Å². The van der Waals surface area contributed by atoms with Gasteiger partial charge in [-0.2, -0.15) is 10.1 Å². The highest BCUT2D eigenvalue weighted by atomic mass is 16.3. The summed E-state index contributed by atoms with van der Waals surface area (Å²) in [5, 5.41) is 11.4. The van der Waals surface area contributed by atoms with Crippen LogP contribution in [0.4, 0.5) is 11.8 Å². The Labute approximate surface area is 118 Å². The zero-order valence-corrected chi connectivity index (χ0v) is 11.6. The fourth-order valence-corrected chi connectivity index (χ4v) is 2.31. The molecule has 3 heterocycles. The van der Waals surface area contributed by atoms with Gasteiger partial charge in [0.25, 0.3) is 0 Å². The van der Waals surface area contributed by atoms with Crippen molar-refractivity contribution in [2.24, 2.45) is 5.92 Å². The van der Waals surface area contributed by atoms with Crippen LogP contribution in [0, 0.1) is 5.92 Å². The molecule has 106 valence electrons. The van der Waals surface area contributed by atoms with Crippen LogP contribution in [0.3, 0.4) is 0 Å². The highest BCUT2D eigenvalue weighted by Gasteiger charge is 2.18. The van der Waals surface area contributed by atoms with Crippen molar-refractivity contribution >= 4 is 11.8 Å². The molecule has 0 spiro atoms. The summed E-state index contributed by atoms with van der Waals surface area (Å²) in [7, 11) is 0. The van der Waals surface area contributed by atoms with Gasteiger partial charge in [-0.15, -0.1) is 5.10 Å². The van der Waals surface area contributed by atoms with Crippen molar-refractivity contribution in [1.82, 2.24) is 15.2 Å². The lowest BCUT2D eigenvalue weighted by atomic mass is 10.00. The summed E-state index contributed by atoms with van der Waals surface area (Å²) < 4.78 is 5.28. The molecule has 1 N–H and O–H groups in total. The molecule has 2 aromatic heterocycles.